The van der Waals surface area contributed by atoms with E-state index in [1.54, 1.807) is 0 Å². The monoisotopic (exact) mass is 218 g/mol. The van der Waals surface area contributed by atoms with Crippen molar-refractivity contribution >= 4 is 20.5 Å². The van der Waals surface area contributed by atoms with Gasteiger partial charge in [0.2, 0.25) is 0 Å². The molecule has 0 aliphatic carbocycles. The number of rotatable bonds is 3. The summed E-state index contributed by atoms with van der Waals surface area (Å²) in [5.41, 5.74) is 0. The average Bonchev–Trinajstić information content (AvgIpc) is 2.40. The summed E-state index contributed by atoms with van der Waals surface area (Å²) in [7, 11) is 0. The number of carbonyl (C=O) groups is 1. The van der Waals surface area contributed by atoms with E-state index in [2.05, 4.69) is 0 Å². The fraction of sp³-hybridized carbons (Fsp3) is 0.375. The summed E-state index contributed by atoms with van der Waals surface area (Å²) < 4.78 is 5.87. The predicted molar refractivity (Wildman–Crippen MR) is 43.9 cm³/mol. The Balaban J connectivity index is 2.37. The molecule has 3 heteroatoms. The van der Waals surface area contributed by atoms with Crippen LogP contribution in [0.15, 0.2) is 17.1 Å². The van der Waals surface area contributed by atoms with Gasteiger partial charge in [0.15, 0.2) is 0 Å². The molecular weight excluding hydrogens is 207 g/mol. The third-order valence-electron chi connectivity index (χ3n) is 1.16. The molecule has 1 aromatic rings. The van der Waals surface area contributed by atoms with E-state index >= 15 is 0 Å². The molecule has 1 aromatic heterocycles. The van der Waals surface area contributed by atoms with Gasteiger partial charge in [-0.2, -0.15) is 0 Å². The third kappa shape index (κ3) is 2.91. The molecule has 0 N–H and O–H groups in total. The van der Waals surface area contributed by atoms with Crippen LogP contribution in [0.5, 0.6) is 4.62 Å². The first-order valence-corrected chi connectivity index (χ1v) is 5.41. The molecule has 11 heavy (non-hydrogen) atoms. The maximum absolute atomic E-state index is 10.9. The second-order valence-electron chi connectivity index (χ2n) is 2.16. The van der Waals surface area contributed by atoms with Crippen molar-refractivity contribution in [1.82, 2.24) is 0 Å². The van der Waals surface area contributed by atoms with Crippen molar-refractivity contribution in [3.05, 3.63) is 17.1 Å². The van der Waals surface area contributed by atoms with Crippen molar-refractivity contribution in [3.8, 4) is 4.62 Å². The van der Waals surface area contributed by atoms with Crippen LogP contribution in [-0.4, -0.2) is 20.5 Å². The zero-order valence-electron chi connectivity index (χ0n) is 6.37. The van der Waals surface area contributed by atoms with E-state index in [1.807, 2.05) is 24.0 Å². The average molecular weight is 217 g/mol. The number of carbonyl (C=O) groups excluding carboxylic acids is 1. The van der Waals surface area contributed by atoms with E-state index in [0.29, 0.717) is 6.42 Å². The topological polar surface area (TPSA) is 26.3 Å². The molecule has 60 valence electrons. The first kappa shape index (κ1) is 8.56. The molecule has 2 nitrogen and oxygen atoms in total. The van der Waals surface area contributed by atoms with Gasteiger partial charge < -0.3 is 0 Å². The zero-order valence-corrected chi connectivity index (χ0v) is 8.08. The fourth-order valence-electron chi connectivity index (χ4n) is 0.689. The third-order valence-corrected chi connectivity index (χ3v) is 2.73. The molecule has 0 aliphatic rings. The quantitative estimate of drug-likeness (QED) is 0.565. The Morgan fingerprint density at radius 2 is 2.55 bits per heavy atom. The Bertz CT molecular complexity index is 216. The standard InChI is InChI=1S/C8H10O2Se/c1-2-4-7(9)10-8-5-3-6-11-8/h3,5-6H,2,4H2,1H3. The van der Waals surface area contributed by atoms with Crippen LogP contribution in [0.2, 0.25) is 0 Å². The van der Waals surface area contributed by atoms with E-state index in [4.69, 9.17) is 4.74 Å². The van der Waals surface area contributed by atoms with Crippen molar-refractivity contribution in [2.45, 2.75) is 19.8 Å². The molecule has 0 saturated carbocycles. The second-order valence-corrected chi connectivity index (χ2v) is 4.07. The minimum atomic E-state index is -0.107. The molecule has 1 rings (SSSR count). The van der Waals surface area contributed by atoms with Crippen molar-refractivity contribution in [1.29, 1.82) is 0 Å². The van der Waals surface area contributed by atoms with Crippen LogP contribution in [0, 0.1) is 0 Å². The summed E-state index contributed by atoms with van der Waals surface area (Å²) >= 11 is 0.253. The predicted octanol–water partition coefficient (Wildman–Crippen LogP) is 1.45. The molecule has 0 bridgehead atoms. The van der Waals surface area contributed by atoms with E-state index in [-0.39, 0.29) is 20.5 Å². The van der Waals surface area contributed by atoms with E-state index in [9.17, 15) is 4.79 Å². The molecule has 0 atom stereocenters. The molecule has 0 radical (unpaired) electrons. The summed E-state index contributed by atoms with van der Waals surface area (Å²) in [6.07, 6.45) is 1.37. The first-order chi connectivity index (χ1) is 5.33. The molecule has 1 heterocycles. The molecule has 0 aliphatic heterocycles. The Hall–Kier alpha value is -0.531. The summed E-state index contributed by atoms with van der Waals surface area (Å²) in [5, 5.41) is 0. The van der Waals surface area contributed by atoms with Crippen LogP contribution in [0.4, 0.5) is 0 Å². The van der Waals surface area contributed by atoms with Gasteiger partial charge in [-0.25, -0.2) is 0 Å². The van der Waals surface area contributed by atoms with Crippen LogP contribution in [0.1, 0.15) is 19.8 Å². The van der Waals surface area contributed by atoms with Gasteiger partial charge in [-0.15, -0.1) is 0 Å². The van der Waals surface area contributed by atoms with Crippen LogP contribution in [0.25, 0.3) is 0 Å². The number of hydrogen-bond donors (Lipinski definition) is 0. The van der Waals surface area contributed by atoms with Crippen LogP contribution in [-0.2, 0) is 4.79 Å². The van der Waals surface area contributed by atoms with E-state index < -0.39 is 0 Å². The Kier molecular flexibility index (Phi) is 3.40. The maximum atomic E-state index is 10.9. The number of esters is 1. The SMILES string of the molecule is CCCC(=O)Oc1ccc[se]1. The van der Waals surface area contributed by atoms with E-state index in [1.165, 1.54) is 0 Å². The van der Waals surface area contributed by atoms with Gasteiger partial charge in [0.05, 0.1) is 0 Å². The van der Waals surface area contributed by atoms with Gasteiger partial charge in [0, 0.05) is 0 Å². The minimum absolute atomic E-state index is 0.107. The van der Waals surface area contributed by atoms with E-state index in [0.717, 1.165) is 11.0 Å². The fourth-order valence-corrected chi connectivity index (χ4v) is 1.93. The summed E-state index contributed by atoms with van der Waals surface area (Å²) in [5.74, 6) is -0.107. The Morgan fingerprint density at radius 3 is 3.09 bits per heavy atom. The Morgan fingerprint density at radius 1 is 1.73 bits per heavy atom. The molecule has 0 aromatic carbocycles. The van der Waals surface area contributed by atoms with Gasteiger partial charge in [0.1, 0.15) is 0 Å². The molecule has 0 amide bonds. The van der Waals surface area contributed by atoms with Gasteiger partial charge >= 0.3 is 71.5 Å². The molecule has 0 saturated heterocycles. The van der Waals surface area contributed by atoms with Gasteiger partial charge in [-0.3, -0.25) is 0 Å². The van der Waals surface area contributed by atoms with Crippen molar-refractivity contribution < 1.29 is 9.53 Å². The molecule has 0 unspecified atom stereocenters. The number of hydrogen-bond acceptors (Lipinski definition) is 2. The van der Waals surface area contributed by atoms with Gasteiger partial charge in [-0.1, -0.05) is 0 Å². The van der Waals surface area contributed by atoms with Gasteiger partial charge in [-0.05, 0) is 0 Å². The first-order valence-electron chi connectivity index (χ1n) is 3.57. The molecule has 0 fully saturated rings. The van der Waals surface area contributed by atoms with Crippen molar-refractivity contribution in [2.75, 3.05) is 0 Å². The molecule has 0 spiro atoms. The van der Waals surface area contributed by atoms with Crippen molar-refractivity contribution in [2.24, 2.45) is 0 Å². The van der Waals surface area contributed by atoms with Crippen LogP contribution < -0.4 is 4.74 Å². The van der Waals surface area contributed by atoms with Crippen LogP contribution >= 0.6 is 0 Å². The normalized spacial score (nSPS) is 9.55. The Labute approximate surface area is 71.9 Å². The zero-order chi connectivity index (χ0) is 8.10. The molecular formula is C8H10O2Se. The van der Waals surface area contributed by atoms with Crippen molar-refractivity contribution in [3.63, 3.8) is 0 Å². The second kappa shape index (κ2) is 4.37. The van der Waals surface area contributed by atoms with Gasteiger partial charge in [0.25, 0.3) is 0 Å². The number of ether oxygens (including phenoxy) is 1. The van der Waals surface area contributed by atoms with Crippen LogP contribution in [0.3, 0.4) is 0 Å². The summed E-state index contributed by atoms with van der Waals surface area (Å²) in [4.78, 5) is 12.9. The summed E-state index contributed by atoms with van der Waals surface area (Å²) in [6, 6.07) is 3.78. The summed E-state index contributed by atoms with van der Waals surface area (Å²) in [6.45, 7) is 1.97.